The lowest BCUT2D eigenvalue weighted by Crippen LogP contribution is -2.19. The quantitative estimate of drug-likeness (QED) is 0.717. The minimum atomic E-state index is 0.568. The van der Waals surface area contributed by atoms with Gasteiger partial charge in [0.05, 0.1) is 0 Å². The summed E-state index contributed by atoms with van der Waals surface area (Å²) in [4.78, 5) is 2.13. The first kappa shape index (κ1) is 16.6. The van der Waals surface area contributed by atoms with Gasteiger partial charge in [0.15, 0.2) is 0 Å². The topological polar surface area (TPSA) is 12.5 Å². The maximum Gasteiger partial charge on any atom is 0.119 e. The van der Waals surface area contributed by atoms with Crippen molar-refractivity contribution in [3.05, 3.63) is 65.7 Å². The van der Waals surface area contributed by atoms with E-state index < -0.39 is 0 Å². The van der Waals surface area contributed by atoms with Crippen LogP contribution in [0.1, 0.15) is 30.4 Å². The number of hydrogen-bond donors (Lipinski definition) is 0. The Bertz CT molecular complexity index is 533. The number of ether oxygens (including phenoxy) is 1. The van der Waals surface area contributed by atoms with E-state index in [9.17, 15) is 0 Å². The Labute approximate surface area is 134 Å². The first-order valence-electron chi connectivity index (χ1n) is 8.10. The molecule has 0 N–H and O–H groups in total. The predicted octanol–water partition coefficient (Wildman–Crippen LogP) is 4.36. The molecular weight excluding hydrogens is 270 g/mol. The highest BCUT2D eigenvalue weighted by Crippen LogP contribution is 2.26. The summed E-state index contributed by atoms with van der Waals surface area (Å²) >= 11 is 0. The van der Waals surface area contributed by atoms with Crippen molar-refractivity contribution >= 4 is 0 Å². The summed E-state index contributed by atoms with van der Waals surface area (Å²) in [6, 6.07) is 19.3. The summed E-state index contributed by atoms with van der Waals surface area (Å²) in [6.07, 6.45) is 2.24. The van der Waals surface area contributed by atoms with Gasteiger partial charge in [-0.15, -0.1) is 0 Å². The lowest BCUT2D eigenvalue weighted by atomic mass is 9.90. The average molecular weight is 297 g/mol. The molecular formula is C20H27NO. The van der Waals surface area contributed by atoms with Crippen LogP contribution in [-0.2, 0) is 6.42 Å². The third kappa shape index (κ3) is 5.19. The van der Waals surface area contributed by atoms with Gasteiger partial charge in [0.1, 0.15) is 12.4 Å². The molecule has 118 valence electrons. The van der Waals surface area contributed by atoms with E-state index in [-0.39, 0.29) is 0 Å². The summed E-state index contributed by atoms with van der Waals surface area (Å²) in [5.74, 6) is 1.53. The fourth-order valence-corrected chi connectivity index (χ4v) is 2.58. The van der Waals surface area contributed by atoms with Crippen LogP contribution in [0.25, 0.3) is 0 Å². The molecule has 0 amide bonds. The molecule has 0 saturated carbocycles. The molecule has 0 aliphatic rings. The number of likely N-dealkylation sites (N-methyl/N-ethyl adjacent to an activating group) is 1. The molecule has 2 rings (SSSR count). The molecule has 2 aromatic rings. The van der Waals surface area contributed by atoms with Crippen LogP contribution in [-0.4, -0.2) is 32.1 Å². The van der Waals surface area contributed by atoms with Gasteiger partial charge in [0.2, 0.25) is 0 Å². The van der Waals surface area contributed by atoms with E-state index in [1.54, 1.807) is 0 Å². The molecule has 0 spiro atoms. The molecule has 0 bridgehead atoms. The van der Waals surface area contributed by atoms with Crippen molar-refractivity contribution in [1.82, 2.24) is 4.90 Å². The van der Waals surface area contributed by atoms with Crippen molar-refractivity contribution in [3.63, 3.8) is 0 Å². The van der Waals surface area contributed by atoms with Gasteiger partial charge >= 0.3 is 0 Å². The molecule has 0 saturated heterocycles. The molecule has 0 heterocycles. The summed E-state index contributed by atoms with van der Waals surface area (Å²) < 4.78 is 5.76. The van der Waals surface area contributed by atoms with Crippen LogP contribution in [0.4, 0.5) is 0 Å². The van der Waals surface area contributed by atoms with Gasteiger partial charge in [-0.2, -0.15) is 0 Å². The highest BCUT2D eigenvalue weighted by Gasteiger charge is 2.10. The van der Waals surface area contributed by atoms with Gasteiger partial charge in [-0.1, -0.05) is 49.4 Å². The Morgan fingerprint density at radius 1 is 0.955 bits per heavy atom. The standard InChI is InChI=1S/C20H27NO/c1-4-18(16-17-8-6-5-7-9-17)19-10-12-20(13-11-19)22-15-14-21(2)3/h5-13,18H,4,14-16H2,1-3H3. The van der Waals surface area contributed by atoms with Crippen molar-refractivity contribution in [3.8, 4) is 5.75 Å². The summed E-state index contributed by atoms with van der Waals surface area (Å²) in [6.45, 7) is 3.93. The van der Waals surface area contributed by atoms with Crippen molar-refractivity contribution in [2.75, 3.05) is 27.2 Å². The van der Waals surface area contributed by atoms with Gasteiger partial charge < -0.3 is 9.64 Å². The minimum Gasteiger partial charge on any atom is -0.492 e. The normalized spacial score (nSPS) is 12.4. The van der Waals surface area contributed by atoms with Gasteiger partial charge in [-0.05, 0) is 56.1 Å². The highest BCUT2D eigenvalue weighted by atomic mass is 16.5. The van der Waals surface area contributed by atoms with E-state index in [0.29, 0.717) is 5.92 Å². The third-order valence-electron chi connectivity index (χ3n) is 3.98. The molecule has 0 aromatic heterocycles. The molecule has 0 fully saturated rings. The molecule has 22 heavy (non-hydrogen) atoms. The molecule has 2 nitrogen and oxygen atoms in total. The second-order valence-corrected chi connectivity index (χ2v) is 6.02. The zero-order valence-electron chi connectivity index (χ0n) is 14.0. The lowest BCUT2D eigenvalue weighted by molar-refractivity contribution is 0.261. The maximum absolute atomic E-state index is 5.76. The van der Waals surface area contributed by atoms with Crippen LogP contribution in [0, 0.1) is 0 Å². The van der Waals surface area contributed by atoms with Crippen molar-refractivity contribution in [1.29, 1.82) is 0 Å². The van der Waals surface area contributed by atoms with E-state index in [0.717, 1.165) is 31.7 Å². The molecule has 1 atom stereocenters. The van der Waals surface area contributed by atoms with Gasteiger partial charge in [0.25, 0.3) is 0 Å². The van der Waals surface area contributed by atoms with Crippen LogP contribution < -0.4 is 4.74 Å². The Morgan fingerprint density at radius 3 is 2.23 bits per heavy atom. The van der Waals surface area contributed by atoms with Crippen molar-refractivity contribution in [2.24, 2.45) is 0 Å². The number of hydrogen-bond acceptors (Lipinski definition) is 2. The smallest absolute Gasteiger partial charge is 0.119 e. The van der Waals surface area contributed by atoms with Gasteiger partial charge in [-0.3, -0.25) is 0 Å². The zero-order chi connectivity index (χ0) is 15.8. The molecule has 1 unspecified atom stereocenters. The first-order chi connectivity index (χ1) is 10.7. The monoisotopic (exact) mass is 297 g/mol. The van der Waals surface area contributed by atoms with E-state index in [1.165, 1.54) is 11.1 Å². The maximum atomic E-state index is 5.76. The average Bonchev–Trinajstić information content (AvgIpc) is 2.54. The van der Waals surface area contributed by atoms with Crippen LogP contribution in [0.3, 0.4) is 0 Å². The molecule has 0 aliphatic heterocycles. The fraction of sp³-hybridized carbons (Fsp3) is 0.400. The van der Waals surface area contributed by atoms with Crippen LogP contribution >= 0.6 is 0 Å². The van der Waals surface area contributed by atoms with Gasteiger partial charge in [-0.25, -0.2) is 0 Å². The van der Waals surface area contributed by atoms with Crippen molar-refractivity contribution < 1.29 is 4.74 Å². The van der Waals surface area contributed by atoms with Crippen LogP contribution in [0.5, 0.6) is 5.75 Å². The molecule has 0 aliphatic carbocycles. The fourth-order valence-electron chi connectivity index (χ4n) is 2.58. The number of nitrogens with zero attached hydrogens (tertiary/aromatic N) is 1. The van der Waals surface area contributed by atoms with E-state index in [2.05, 4.69) is 80.5 Å². The Morgan fingerprint density at radius 2 is 1.64 bits per heavy atom. The predicted molar refractivity (Wildman–Crippen MR) is 93.7 cm³/mol. The van der Waals surface area contributed by atoms with Crippen LogP contribution in [0.15, 0.2) is 54.6 Å². The van der Waals surface area contributed by atoms with E-state index in [4.69, 9.17) is 4.74 Å². The number of benzene rings is 2. The second kappa shape index (κ2) is 8.60. The Balaban J connectivity index is 1.95. The third-order valence-corrected chi connectivity index (χ3v) is 3.98. The molecule has 2 aromatic carbocycles. The Hall–Kier alpha value is -1.80. The van der Waals surface area contributed by atoms with Gasteiger partial charge in [0, 0.05) is 6.54 Å². The SMILES string of the molecule is CCC(Cc1ccccc1)c1ccc(OCCN(C)C)cc1. The summed E-state index contributed by atoms with van der Waals surface area (Å²) in [5, 5.41) is 0. The minimum absolute atomic E-state index is 0.568. The highest BCUT2D eigenvalue weighted by molar-refractivity contribution is 5.31. The number of rotatable bonds is 8. The Kier molecular flexibility index (Phi) is 6.47. The molecule has 2 heteroatoms. The first-order valence-corrected chi connectivity index (χ1v) is 8.10. The summed E-state index contributed by atoms with van der Waals surface area (Å²) in [5.41, 5.74) is 2.80. The molecule has 0 radical (unpaired) electrons. The largest absolute Gasteiger partial charge is 0.492 e. The zero-order valence-corrected chi connectivity index (χ0v) is 14.0. The van der Waals surface area contributed by atoms with Crippen molar-refractivity contribution in [2.45, 2.75) is 25.7 Å². The van der Waals surface area contributed by atoms with Crippen LogP contribution in [0.2, 0.25) is 0 Å². The lowest BCUT2D eigenvalue weighted by Gasteiger charge is -2.16. The van der Waals surface area contributed by atoms with E-state index in [1.807, 2.05) is 0 Å². The second-order valence-electron chi connectivity index (χ2n) is 6.02. The summed E-state index contributed by atoms with van der Waals surface area (Å²) in [7, 11) is 4.11. The van der Waals surface area contributed by atoms with E-state index >= 15 is 0 Å².